The Balaban J connectivity index is 2.09. The minimum atomic E-state index is -4.23. The van der Waals surface area contributed by atoms with Gasteiger partial charge < -0.3 is 5.32 Å². The Labute approximate surface area is 99.0 Å². The maximum absolute atomic E-state index is 12.4. The summed E-state index contributed by atoms with van der Waals surface area (Å²) in [5.74, 6) is 0.398. The van der Waals surface area contributed by atoms with Crippen molar-refractivity contribution in [1.29, 1.82) is 0 Å². The predicted octanol–water partition coefficient (Wildman–Crippen LogP) is 3.56. The van der Waals surface area contributed by atoms with Gasteiger partial charge in [0.15, 0.2) is 0 Å². The molecule has 2 atom stereocenters. The molecule has 1 saturated carbocycles. The van der Waals surface area contributed by atoms with E-state index in [4.69, 9.17) is 0 Å². The van der Waals surface area contributed by atoms with Gasteiger partial charge in [0.25, 0.3) is 0 Å². The van der Waals surface area contributed by atoms with Gasteiger partial charge in [0.1, 0.15) is 0 Å². The first-order valence-corrected chi connectivity index (χ1v) is 5.85. The smallest absolute Gasteiger partial charge is 0.317 e. The molecular formula is C13H16F3N. The molecule has 94 valence electrons. The molecule has 0 amide bonds. The first-order valence-electron chi connectivity index (χ1n) is 5.85. The monoisotopic (exact) mass is 243 g/mol. The standard InChI is InChI=1S/C13H16F3N/c1-17-12-7-4-10(8-12)9-2-5-11(6-3-9)13(14,15)16/h2-3,5-6,10,12,17H,4,7-8H2,1H3. The second-order valence-electron chi connectivity index (χ2n) is 4.62. The highest BCUT2D eigenvalue weighted by Crippen LogP contribution is 2.36. The van der Waals surface area contributed by atoms with Gasteiger partial charge in [-0.15, -0.1) is 0 Å². The van der Waals surface area contributed by atoms with Crippen LogP contribution in [0.5, 0.6) is 0 Å². The number of nitrogens with one attached hydrogen (secondary N) is 1. The van der Waals surface area contributed by atoms with Crippen LogP contribution in [0.2, 0.25) is 0 Å². The molecule has 0 spiro atoms. The summed E-state index contributed by atoms with van der Waals surface area (Å²) in [6.45, 7) is 0. The van der Waals surface area contributed by atoms with Crippen molar-refractivity contribution < 1.29 is 13.2 Å². The second kappa shape index (κ2) is 4.69. The summed E-state index contributed by atoms with van der Waals surface area (Å²) in [5.41, 5.74) is 0.458. The van der Waals surface area contributed by atoms with Crippen molar-refractivity contribution in [2.24, 2.45) is 0 Å². The lowest BCUT2D eigenvalue weighted by Crippen LogP contribution is -2.21. The molecule has 17 heavy (non-hydrogen) atoms. The van der Waals surface area contributed by atoms with Gasteiger partial charge in [-0.2, -0.15) is 13.2 Å². The Morgan fingerprint density at radius 3 is 2.24 bits per heavy atom. The van der Waals surface area contributed by atoms with Crippen LogP contribution in [-0.2, 0) is 6.18 Å². The fraction of sp³-hybridized carbons (Fsp3) is 0.538. The zero-order valence-electron chi connectivity index (χ0n) is 9.72. The molecule has 1 aliphatic carbocycles. The van der Waals surface area contributed by atoms with Crippen molar-refractivity contribution in [1.82, 2.24) is 5.32 Å². The third-order valence-electron chi connectivity index (χ3n) is 3.55. The number of rotatable bonds is 2. The zero-order valence-corrected chi connectivity index (χ0v) is 9.72. The Morgan fingerprint density at radius 1 is 1.12 bits per heavy atom. The average Bonchev–Trinajstić information content (AvgIpc) is 2.76. The molecule has 1 nitrogen and oxygen atoms in total. The van der Waals surface area contributed by atoms with Crippen LogP contribution in [0.25, 0.3) is 0 Å². The van der Waals surface area contributed by atoms with Crippen LogP contribution >= 0.6 is 0 Å². The van der Waals surface area contributed by atoms with Crippen LogP contribution in [0, 0.1) is 0 Å². The van der Waals surface area contributed by atoms with E-state index in [0.29, 0.717) is 12.0 Å². The second-order valence-corrected chi connectivity index (χ2v) is 4.62. The van der Waals surface area contributed by atoms with Crippen LogP contribution in [0.1, 0.15) is 36.3 Å². The number of hydrogen-bond acceptors (Lipinski definition) is 1. The normalized spacial score (nSPS) is 25.2. The third kappa shape index (κ3) is 2.80. The zero-order chi connectivity index (χ0) is 12.5. The van der Waals surface area contributed by atoms with E-state index in [2.05, 4.69) is 5.32 Å². The van der Waals surface area contributed by atoms with Gasteiger partial charge in [-0.1, -0.05) is 12.1 Å². The van der Waals surface area contributed by atoms with Crippen molar-refractivity contribution in [2.75, 3.05) is 7.05 Å². The maximum Gasteiger partial charge on any atom is 0.416 e. The molecule has 0 radical (unpaired) electrons. The van der Waals surface area contributed by atoms with Crippen molar-refractivity contribution in [3.63, 3.8) is 0 Å². The van der Waals surface area contributed by atoms with Gasteiger partial charge >= 0.3 is 6.18 Å². The SMILES string of the molecule is CNC1CCC(c2ccc(C(F)(F)F)cc2)C1. The summed E-state index contributed by atoms with van der Waals surface area (Å²) in [5, 5.41) is 3.22. The molecule has 1 fully saturated rings. The first-order chi connectivity index (χ1) is 8.00. The number of halogens is 3. The van der Waals surface area contributed by atoms with Gasteiger partial charge in [0, 0.05) is 6.04 Å². The molecule has 2 rings (SSSR count). The predicted molar refractivity (Wildman–Crippen MR) is 60.9 cm³/mol. The van der Waals surface area contributed by atoms with E-state index in [1.54, 1.807) is 12.1 Å². The fourth-order valence-corrected chi connectivity index (χ4v) is 2.49. The van der Waals surface area contributed by atoms with Crippen molar-refractivity contribution in [3.8, 4) is 0 Å². The van der Waals surface area contributed by atoms with E-state index in [1.165, 1.54) is 12.1 Å². The van der Waals surface area contributed by atoms with Gasteiger partial charge in [-0.05, 0) is 49.9 Å². The summed E-state index contributed by atoms with van der Waals surface area (Å²) in [7, 11) is 1.93. The summed E-state index contributed by atoms with van der Waals surface area (Å²) in [6, 6.07) is 6.10. The van der Waals surface area contributed by atoms with Gasteiger partial charge in [0.05, 0.1) is 5.56 Å². The third-order valence-corrected chi connectivity index (χ3v) is 3.55. The van der Waals surface area contributed by atoms with E-state index in [1.807, 2.05) is 7.05 Å². The Morgan fingerprint density at radius 2 is 1.76 bits per heavy atom. The van der Waals surface area contributed by atoms with E-state index < -0.39 is 11.7 Å². The van der Waals surface area contributed by atoms with Crippen LogP contribution in [0.15, 0.2) is 24.3 Å². The number of hydrogen-bond donors (Lipinski definition) is 1. The average molecular weight is 243 g/mol. The molecule has 1 N–H and O–H groups in total. The van der Waals surface area contributed by atoms with Gasteiger partial charge in [0.2, 0.25) is 0 Å². The largest absolute Gasteiger partial charge is 0.416 e. The van der Waals surface area contributed by atoms with Gasteiger partial charge in [-0.3, -0.25) is 0 Å². The topological polar surface area (TPSA) is 12.0 Å². The lowest BCUT2D eigenvalue weighted by atomic mass is 9.96. The molecule has 4 heteroatoms. The van der Waals surface area contributed by atoms with Gasteiger partial charge in [-0.25, -0.2) is 0 Å². The molecular weight excluding hydrogens is 227 g/mol. The minimum absolute atomic E-state index is 0.398. The highest BCUT2D eigenvalue weighted by molar-refractivity contribution is 5.27. The molecule has 0 saturated heterocycles. The van der Waals surface area contributed by atoms with Crippen LogP contribution in [0.3, 0.4) is 0 Å². The number of alkyl halides is 3. The quantitative estimate of drug-likeness (QED) is 0.837. The number of benzene rings is 1. The molecule has 1 aromatic carbocycles. The molecule has 0 aromatic heterocycles. The van der Waals surface area contributed by atoms with E-state index in [0.717, 1.165) is 24.8 Å². The summed E-state index contributed by atoms with van der Waals surface area (Å²) >= 11 is 0. The minimum Gasteiger partial charge on any atom is -0.317 e. The summed E-state index contributed by atoms with van der Waals surface area (Å²) < 4.78 is 37.2. The van der Waals surface area contributed by atoms with Crippen molar-refractivity contribution >= 4 is 0 Å². The van der Waals surface area contributed by atoms with E-state index >= 15 is 0 Å². The maximum atomic E-state index is 12.4. The Hall–Kier alpha value is -1.03. The first kappa shape index (κ1) is 12.4. The highest BCUT2D eigenvalue weighted by Gasteiger charge is 2.31. The Bertz CT molecular complexity index is 369. The van der Waals surface area contributed by atoms with Crippen LogP contribution in [-0.4, -0.2) is 13.1 Å². The summed E-state index contributed by atoms with van der Waals surface area (Å²) in [6.07, 6.45) is -1.07. The van der Waals surface area contributed by atoms with E-state index in [9.17, 15) is 13.2 Å². The molecule has 0 bridgehead atoms. The van der Waals surface area contributed by atoms with E-state index in [-0.39, 0.29) is 0 Å². The molecule has 1 aliphatic rings. The highest BCUT2D eigenvalue weighted by atomic mass is 19.4. The summed E-state index contributed by atoms with van der Waals surface area (Å²) in [4.78, 5) is 0. The molecule has 2 unspecified atom stereocenters. The Kier molecular flexibility index (Phi) is 3.43. The molecule has 1 aromatic rings. The lowest BCUT2D eigenvalue weighted by Gasteiger charge is -2.13. The fourth-order valence-electron chi connectivity index (χ4n) is 2.49. The van der Waals surface area contributed by atoms with Crippen LogP contribution in [0.4, 0.5) is 13.2 Å². The lowest BCUT2D eigenvalue weighted by molar-refractivity contribution is -0.137. The van der Waals surface area contributed by atoms with Crippen LogP contribution < -0.4 is 5.32 Å². The van der Waals surface area contributed by atoms with Crippen molar-refractivity contribution in [2.45, 2.75) is 37.4 Å². The van der Waals surface area contributed by atoms with Crippen molar-refractivity contribution in [3.05, 3.63) is 35.4 Å². The molecule has 0 heterocycles. The molecule has 0 aliphatic heterocycles.